The maximum atomic E-state index is 6.02. The highest BCUT2D eigenvalue weighted by atomic mass is 35.5. The normalized spacial score (nSPS) is 10.7. The Kier molecular flexibility index (Phi) is 7.04. The molecule has 2 nitrogen and oxygen atoms in total. The van der Waals surface area contributed by atoms with E-state index >= 15 is 0 Å². The SMILES string of the molecule is CCCOc1cccc(CNCCc2ccc(Cl)c(Cl)c2)c1. The summed E-state index contributed by atoms with van der Waals surface area (Å²) in [5.74, 6) is 0.936. The van der Waals surface area contributed by atoms with E-state index in [-0.39, 0.29) is 0 Å². The zero-order chi connectivity index (χ0) is 15.8. The van der Waals surface area contributed by atoms with E-state index in [2.05, 4.69) is 24.4 Å². The third-order valence-corrected chi connectivity index (χ3v) is 4.01. The molecule has 0 saturated carbocycles. The van der Waals surface area contributed by atoms with Crippen LogP contribution in [0, 0.1) is 0 Å². The molecule has 22 heavy (non-hydrogen) atoms. The average Bonchev–Trinajstić information content (AvgIpc) is 2.53. The lowest BCUT2D eigenvalue weighted by Crippen LogP contribution is -2.16. The molecular formula is C18H21Cl2NO. The van der Waals surface area contributed by atoms with Crippen LogP contribution in [0.5, 0.6) is 5.75 Å². The third-order valence-electron chi connectivity index (χ3n) is 3.27. The van der Waals surface area contributed by atoms with E-state index in [0.29, 0.717) is 10.0 Å². The molecule has 0 bridgehead atoms. The Balaban J connectivity index is 1.77. The van der Waals surface area contributed by atoms with E-state index in [4.69, 9.17) is 27.9 Å². The summed E-state index contributed by atoms with van der Waals surface area (Å²) in [4.78, 5) is 0. The number of nitrogens with one attached hydrogen (secondary N) is 1. The summed E-state index contributed by atoms with van der Waals surface area (Å²) >= 11 is 11.9. The highest BCUT2D eigenvalue weighted by molar-refractivity contribution is 6.42. The average molecular weight is 338 g/mol. The first kappa shape index (κ1) is 17.1. The lowest BCUT2D eigenvalue weighted by molar-refractivity contribution is 0.317. The van der Waals surface area contributed by atoms with Gasteiger partial charge in [-0.3, -0.25) is 0 Å². The molecule has 0 spiro atoms. The Morgan fingerprint density at radius 1 is 1.00 bits per heavy atom. The quantitative estimate of drug-likeness (QED) is 0.675. The second kappa shape index (κ2) is 9.04. The molecule has 0 fully saturated rings. The molecule has 0 aromatic heterocycles. The zero-order valence-electron chi connectivity index (χ0n) is 12.7. The Morgan fingerprint density at radius 3 is 2.64 bits per heavy atom. The second-order valence-corrected chi connectivity index (χ2v) is 5.99. The summed E-state index contributed by atoms with van der Waals surface area (Å²) in [6, 6.07) is 14.0. The van der Waals surface area contributed by atoms with Gasteiger partial charge >= 0.3 is 0 Å². The van der Waals surface area contributed by atoms with Gasteiger partial charge in [0.1, 0.15) is 5.75 Å². The maximum absolute atomic E-state index is 6.02. The monoisotopic (exact) mass is 337 g/mol. The van der Waals surface area contributed by atoms with Gasteiger partial charge in [-0.05, 0) is 54.8 Å². The van der Waals surface area contributed by atoms with E-state index in [0.717, 1.165) is 38.3 Å². The number of hydrogen-bond donors (Lipinski definition) is 1. The van der Waals surface area contributed by atoms with Crippen LogP contribution in [0.3, 0.4) is 0 Å². The Hall–Kier alpha value is -1.22. The molecule has 0 radical (unpaired) electrons. The maximum Gasteiger partial charge on any atom is 0.119 e. The lowest BCUT2D eigenvalue weighted by atomic mass is 10.1. The van der Waals surface area contributed by atoms with Gasteiger partial charge in [0.05, 0.1) is 16.7 Å². The predicted molar refractivity (Wildman–Crippen MR) is 94.1 cm³/mol. The molecule has 0 heterocycles. The van der Waals surface area contributed by atoms with Crippen LogP contribution >= 0.6 is 23.2 Å². The van der Waals surface area contributed by atoms with Gasteiger partial charge in [0, 0.05) is 6.54 Å². The third kappa shape index (κ3) is 5.53. The molecule has 0 atom stereocenters. The highest BCUT2D eigenvalue weighted by Crippen LogP contribution is 2.22. The van der Waals surface area contributed by atoms with Crippen molar-refractivity contribution in [1.82, 2.24) is 5.32 Å². The van der Waals surface area contributed by atoms with Crippen LogP contribution in [0.25, 0.3) is 0 Å². The molecular weight excluding hydrogens is 317 g/mol. The molecule has 2 aromatic rings. The van der Waals surface area contributed by atoms with Crippen molar-refractivity contribution in [2.45, 2.75) is 26.3 Å². The van der Waals surface area contributed by atoms with Crippen molar-refractivity contribution in [2.24, 2.45) is 0 Å². The van der Waals surface area contributed by atoms with Crippen molar-refractivity contribution in [2.75, 3.05) is 13.2 Å². The van der Waals surface area contributed by atoms with Gasteiger partial charge < -0.3 is 10.1 Å². The number of hydrogen-bond acceptors (Lipinski definition) is 2. The van der Waals surface area contributed by atoms with Crippen LogP contribution in [0.2, 0.25) is 10.0 Å². The molecule has 2 rings (SSSR count). The van der Waals surface area contributed by atoms with E-state index in [9.17, 15) is 0 Å². The van der Waals surface area contributed by atoms with Gasteiger partial charge in [-0.15, -0.1) is 0 Å². The Bertz CT molecular complexity index is 601. The van der Waals surface area contributed by atoms with E-state index in [1.807, 2.05) is 30.3 Å². The fourth-order valence-electron chi connectivity index (χ4n) is 2.13. The largest absolute Gasteiger partial charge is 0.494 e. The number of halogens is 2. The van der Waals surface area contributed by atoms with Crippen molar-refractivity contribution < 1.29 is 4.74 Å². The Morgan fingerprint density at radius 2 is 1.86 bits per heavy atom. The fraction of sp³-hybridized carbons (Fsp3) is 0.333. The predicted octanol–water partition coefficient (Wildman–Crippen LogP) is 5.11. The molecule has 0 unspecified atom stereocenters. The fourth-order valence-corrected chi connectivity index (χ4v) is 2.45. The van der Waals surface area contributed by atoms with Crippen LogP contribution in [-0.4, -0.2) is 13.2 Å². The number of benzene rings is 2. The molecule has 0 saturated heterocycles. The molecule has 0 amide bonds. The molecule has 2 aromatic carbocycles. The Labute approximate surface area is 142 Å². The number of rotatable bonds is 8. The highest BCUT2D eigenvalue weighted by Gasteiger charge is 2.00. The van der Waals surface area contributed by atoms with Crippen LogP contribution in [0.4, 0.5) is 0 Å². The van der Waals surface area contributed by atoms with Crippen molar-refractivity contribution >= 4 is 23.2 Å². The first-order chi connectivity index (χ1) is 10.7. The number of ether oxygens (including phenoxy) is 1. The first-order valence-electron chi connectivity index (χ1n) is 7.55. The minimum Gasteiger partial charge on any atom is -0.494 e. The smallest absolute Gasteiger partial charge is 0.119 e. The molecule has 1 N–H and O–H groups in total. The van der Waals surface area contributed by atoms with Crippen LogP contribution in [-0.2, 0) is 13.0 Å². The van der Waals surface area contributed by atoms with Gasteiger partial charge in [-0.2, -0.15) is 0 Å². The summed E-state index contributed by atoms with van der Waals surface area (Å²) < 4.78 is 5.64. The van der Waals surface area contributed by atoms with Gasteiger partial charge in [-0.1, -0.05) is 48.3 Å². The minimum absolute atomic E-state index is 0.599. The van der Waals surface area contributed by atoms with Crippen LogP contribution in [0.15, 0.2) is 42.5 Å². The van der Waals surface area contributed by atoms with Gasteiger partial charge in [0.15, 0.2) is 0 Å². The lowest BCUT2D eigenvalue weighted by Gasteiger charge is -2.09. The summed E-state index contributed by atoms with van der Waals surface area (Å²) in [6.45, 7) is 4.57. The van der Waals surface area contributed by atoms with Crippen molar-refractivity contribution in [3.05, 3.63) is 63.6 Å². The molecule has 0 aliphatic carbocycles. The van der Waals surface area contributed by atoms with Crippen LogP contribution in [0.1, 0.15) is 24.5 Å². The molecule has 0 aliphatic heterocycles. The summed E-state index contributed by atoms with van der Waals surface area (Å²) in [6.07, 6.45) is 1.94. The molecule has 0 aliphatic rings. The first-order valence-corrected chi connectivity index (χ1v) is 8.31. The summed E-state index contributed by atoms with van der Waals surface area (Å²) in [5, 5.41) is 4.65. The molecule has 118 valence electrons. The van der Waals surface area contributed by atoms with E-state index in [1.165, 1.54) is 11.1 Å². The van der Waals surface area contributed by atoms with Crippen molar-refractivity contribution in [3.63, 3.8) is 0 Å². The van der Waals surface area contributed by atoms with Crippen LogP contribution < -0.4 is 10.1 Å². The van der Waals surface area contributed by atoms with E-state index < -0.39 is 0 Å². The van der Waals surface area contributed by atoms with Crippen molar-refractivity contribution in [1.29, 1.82) is 0 Å². The second-order valence-electron chi connectivity index (χ2n) is 5.17. The van der Waals surface area contributed by atoms with Gasteiger partial charge in [0.25, 0.3) is 0 Å². The van der Waals surface area contributed by atoms with E-state index in [1.54, 1.807) is 0 Å². The van der Waals surface area contributed by atoms with Gasteiger partial charge in [0.2, 0.25) is 0 Å². The standard InChI is InChI=1S/C18H21Cl2NO/c1-2-10-22-16-5-3-4-15(11-16)13-21-9-8-14-6-7-17(19)18(20)12-14/h3-7,11-12,21H,2,8-10,13H2,1H3. The zero-order valence-corrected chi connectivity index (χ0v) is 14.3. The van der Waals surface area contributed by atoms with Crippen molar-refractivity contribution in [3.8, 4) is 5.75 Å². The summed E-state index contributed by atoms with van der Waals surface area (Å²) in [5.41, 5.74) is 2.41. The molecule has 4 heteroatoms. The topological polar surface area (TPSA) is 21.3 Å². The minimum atomic E-state index is 0.599. The summed E-state index contributed by atoms with van der Waals surface area (Å²) in [7, 11) is 0. The van der Waals surface area contributed by atoms with Gasteiger partial charge in [-0.25, -0.2) is 0 Å².